The maximum absolute atomic E-state index is 12.0. The molecule has 0 aliphatic heterocycles. The van der Waals surface area contributed by atoms with E-state index >= 15 is 0 Å². The van der Waals surface area contributed by atoms with E-state index in [-0.39, 0.29) is 18.2 Å². The van der Waals surface area contributed by atoms with E-state index in [1.54, 1.807) is 25.3 Å². The van der Waals surface area contributed by atoms with Crippen LogP contribution < -0.4 is 15.4 Å². The molecule has 0 unspecified atom stereocenters. The fraction of sp³-hybridized carbons (Fsp3) is 0.333. The van der Waals surface area contributed by atoms with E-state index < -0.39 is 6.04 Å². The molecule has 0 aliphatic carbocycles. The number of hydrogen-bond donors (Lipinski definition) is 2. The topological polar surface area (TPSA) is 80.6 Å². The molecule has 1 aromatic heterocycles. The Kier molecular flexibility index (Phi) is 6.42. The van der Waals surface area contributed by atoms with Gasteiger partial charge in [0.2, 0.25) is 11.8 Å². The molecular weight excluding hydrogens is 308 g/mol. The van der Waals surface area contributed by atoms with E-state index in [1.807, 2.05) is 31.2 Å². The predicted molar refractivity (Wildman–Crippen MR) is 89.5 cm³/mol. The summed E-state index contributed by atoms with van der Waals surface area (Å²) in [5.74, 6) is 0.967. The molecule has 6 heteroatoms. The largest absolute Gasteiger partial charge is 0.494 e. The number of carbonyl (C=O) groups excluding carboxylic acids is 2. The van der Waals surface area contributed by atoms with Gasteiger partial charge < -0.3 is 19.8 Å². The van der Waals surface area contributed by atoms with Crippen LogP contribution in [0, 0.1) is 0 Å². The molecule has 2 amide bonds. The highest BCUT2D eigenvalue weighted by Gasteiger charge is 2.15. The monoisotopic (exact) mass is 330 g/mol. The molecule has 2 aromatic rings. The summed E-state index contributed by atoms with van der Waals surface area (Å²) in [6.45, 7) is 4.46. The first-order valence-corrected chi connectivity index (χ1v) is 7.89. The second kappa shape index (κ2) is 8.76. The molecule has 2 rings (SSSR count). The van der Waals surface area contributed by atoms with Crippen LogP contribution in [-0.2, 0) is 22.6 Å². The van der Waals surface area contributed by atoms with Crippen LogP contribution in [0.2, 0.25) is 0 Å². The van der Waals surface area contributed by atoms with Gasteiger partial charge in [-0.2, -0.15) is 0 Å². The maximum Gasteiger partial charge on any atom is 0.242 e. The summed E-state index contributed by atoms with van der Waals surface area (Å²) < 4.78 is 10.5. The van der Waals surface area contributed by atoms with Gasteiger partial charge in [-0.15, -0.1) is 0 Å². The molecule has 0 bridgehead atoms. The van der Waals surface area contributed by atoms with Gasteiger partial charge in [0.05, 0.1) is 25.8 Å². The first kappa shape index (κ1) is 17.6. The van der Waals surface area contributed by atoms with Crippen LogP contribution in [0.4, 0.5) is 0 Å². The number of rotatable bonds is 8. The van der Waals surface area contributed by atoms with Gasteiger partial charge in [0.25, 0.3) is 0 Å². The quantitative estimate of drug-likeness (QED) is 0.776. The van der Waals surface area contributed by atoms with Crippen LogP contribution in [0.15, 0.2) is 47.1 Å². The zero-order valence-corrected chi connectivity index (χ0v) is 13.9. The van der Waals surface area contributed by atoms with Crippen molar-refractivity contribution in [2.45, 2.75) is 32.9 Å². The van der Waals surface area contributed by atoms with Crippen molar-refractivity contribution in [2.75, 3.05) is 6.61 Å². The number of hydrogen-bond acceptors (Lipinski definition) is 4. The van der Waals surface area contributed by atoms with Gasteiger partial charge in [0.1, 0.15) is 17.6 Å². The zero-order chi connectivity index (χ0) is 17.4. The van der Waals surface area contributed by atoms with Gasteiger partial charge in [0.15, 0.2) is 0 Å². The Morgan fingerprint density at radius 3 is 2.58 bits per heavy atom. The second-order valence-electron chi connectivity index (χ2n) is 5.34. The number of ether oxygens (including phenoxy) is 1. The molecule has 0 aliphatic rings. The van der Waals surface area contributed by atoms with Crippen LogP contribution in [-0.4, -0.2) is 24.5 Å². The summed E-state index contributed by atoms with van der Waals surface area (Å²) in [5.41, 5.74) is 0.860. The fourth-order valence-electron chi connectivity index (χ4n) is 2.15. The van der Waals surface area contributed by atoms with Crippen molar-refractivity contribution in [2.24, 2.45) is 0 Å². The highest BCUT2D eigenvalue weighted by atomic mass is 16.5. The Labute approximate surface area is 141 Å². The van der Waals surface area contributed by atoms with E-state index in [2.05, 4.69) is 10.6 Å². The third kappa shape index (κ3) is 5.46. The van der Waals surface area contributed by atoms with Gasteiger partial charge in [-0.25, -0.2) is 0 Å². The van der Waals surface area contributed by atoms with Crippen molar-refractivity contribution in [3.8, 4) is 5.75 Å². The summed E-state index contributed by atoms with van der Waals surface area (Å²) in [5, 5.41) is 5.40. The molecular formula is C18H22N2O4. The first-order chi connectivity index (χ1) is 11.6. The van der Waals surface area contributed by atoms with Crippen molar-refractivity contribution in [3.63, 3.8) is 0 Å². The zero-order valence-electron chi connectivity index (χ0n) is 13.9. The lowest BCUT2D eigenvalue weighted by atomic mass is 10.1. The van der Waals surface area contributed by atoms with Crippen molar-refractivity contribution >= 4 is 11.8 Å². The van der Waals surface area contributed by atoms with Crippen molar-refractivity contribution in [1.29, 1.82) is 0 Å². The Balaban J connectivity index is 1.76. The first-order valence-electron chi connectivity index (χ1n) is 7.89. The molecule has 1 heterocycles. The Morgan fingerprint density at radius 1 is 1.21 bits per heavy atom. The number of carbonyl (C=O) groups is 2. The fourth-order valence-corrected chi connectivity index (χ4v) is 2.15. The molecule has 0 saturated heterocycles. The van der Waals surface area contributed by atoms with Crippen molar-refractivity contribution in [1.82, 2.24) is 10.6 Å². The lowest BCUT2D eigenvalue weighted by Gasteiger charge is -2.14. The molecule has 6 nitrogen and oxygen atoms in total. The maximum atomic E-state index is 12.0. The minimum Gasteiger partial charge on any atom is -0.494 e. The van der Waals surface area contributed by atoms with Crippen LogP contribution in [0.25, 0.3) is 0 Å². The molecule has 24 heavy (non-hydrogen) atoms. The smallest absolute Gasteiger partial charge is 0.242 e. The summed E-state index contributed by atoms with van der Waals surface area (Å²) in [7, 11) is 0. The molecule has 128 valence electrons. The molecule has 2 N–H and O–H groups in total. The highest BCUT2D eigenvalue weighted by Crippen LogP contribution is 2.12. The van der Waals surface area contributed by atoms with E-state index in [0.29, 0.717) is 18.9 Å². The predicted octanol–water partition coefficient (Wildman–Crippen LogP) is 2.04. The minimum absolute atomic E-state index is 0.209. The number of nitrogens with one attached hydrogen (secondary N) is 2. The van der Waals surface area contributed by atoms with Crippen LogP contribution in [0.3, 0.4) is 0 Å². The second-order valence-corrected chi connectivity index (χ2v) is 5.34. The molecule has 1 atom stereocenters. The van der Waals surface area contributed by atoms with Gasteiger partial charge in [0, 0.05) is 0 Å². The molecule has 1 aromatic carbocycles. The SMILES string of the molecule is CCOc1ccc(CC(=O)N[C@@H](C)C(=O)NCc2ccco2)cc1. The average molecular weight is 330 g/mol. The third-order valence-electron chi connectivity index (χ3n) is 3.39. The standard InChI is InChI=1S/C18H22N2O4/c1-3-23-15-8-6-14(7-9-15)11-17(21)20-13(2)18(22)19-12-16-5-4-10-24-16/h4-10,13H,3,11-12H2,1-2H3,(H,19,22)(H,20,21)/t13-/m0/s1. The summed E-state index contributed by atoms with van der Waals surface area (Å²) in [6.07, 6.45) is 1.76. The Morgan fingerprint density at radius 2 is 1.96 bits per heavy atom. The molecule has 0 spiro atoms. The van der Waals surface area contributed by atoms with Crippen molar-refractivity contribution < 1.29 is 18.7 Å². The van der Waals surface area contributed by atoms with Crippen LogP contribution in [0.5, 0.6) is 5.75 Å². The van der Waals surface area contributed by atoms with Gasteiger partial charge in [-0.05, 0) is 43.7 Å². The average Bonchev–Trinajstić information content (AvgIpc) is 3.08. The summed E-state index contributed by atoms with van der Waals surface area (Å²) in [4.78, 5) is 24.0. The number of benzene rings is 1. The Hall–Kier alpha value is -2.76. The van der Waals surface area contributed by atoms with E-state index in [4.69, 9.17) is 9.15 Å². The number of amides is 2. The summed E-state index contributed by atoms with van der Waals surface area (Å²) in [6, 6.07) is 10.2. The van der Waals surface area contributed by atoms with Gasteiger partial charge >= 0.3 is 0 Å². The van der Waals surface area contributed by atoms with Gasteiger partial charge in [-0.1, -0.05) is 12.1 Å². The lowest BCUT2D eigenvalue weighted by Crippen LogP contribution is -2.45. The van der Waals surface area contributed by atoms with Crippen LogP contribution >= 0.6 is 0 Å². The Bertz CT molecular complexity index is 650. The highest BCUT2D eigenvalue weighted by molar-refractivity contribution is 5.88. The van der Waals surface area contributed by atoms with Crippen LogP contribution in [0.1, 0.15) is 25.2 Å². The minimum atomic E-state index is -0.616. The van der Waals surface area contributed by atoms with E-state index in [9.17, 15) is 9.59 Å². The molecule has 0 fully saturated rings. The van der Waals surface area contributed by atoms with Crippen molar-refractivity contribution in [3.05, 3.63) is 54.0 Å². The number of furan rings is 1. The normalized spacial score (nSPS) is 11.6. The molecule has 0 saturated carbocycles. The third-order valence-corrected chi connectivity index (χ3v) is 3.39. The van der Waals surface area contributed by atoms with Gasteiger partial charge in [-0.3, -0.25) is 9.59 Å². The lowest BCUT2D eigenvalue weighted by molar-refractivity contribution is -0.128. The summed E-state index contributed by atoms with van der Waals surface area (Å²) >= 11 is 0. The van der Waals surface area contributed by atoms with E-state index in [0.717, 1.165) is 11.3 Å². The van der Waals surface area contributed by atoms with E-state index in [1.165, 1.54) is 0 Å². The molecule has 0 radical (unpaired) electrons.